The summed E-state index contributed by atoms with van der Waals surface area (Å²) < 4.78 is 7.14. The van der Waals surface area contributed by atoms with Crippen molar-refractivity contribution in [1.29, 1.82) is 0 Å². The first-order valence-electron chi connectivity index (χ1n) is 5.25. The molecule has 0 saturated carbocycles. The fourth-order valence-corrected chi connectivity index (χ4v) is 2.13. The third kappa shape index (κ3) is 3.40. The van der Waals surface area contributed by atoms with Crippen LogP contribution in [-0.4, -0.2) is 4.98 Å². The van der Waals surface area contributed by atoms with Crippen molar-refractivity contribution in [2.24, 2.45) is 0 Å². The Morgan fingerprint density at radius 2 is 2.24 bits per heavy atom. The van der Waals surface area contributed by atoms with Crippen LogP contribution in [0.25, 0.3) is 0 Å². The van der Waals surface area contributed by atoms with Crippen LogP contribution in [0.1, 0.15) is 24.4 Å². The molecule has 1 N–H and O–H groups in total. The normalized spacial score (nSPS) is 12.6. The van der Waals surface area contributed by atoms with Crippen molar-refractivity contribution >= 4 is 31.9 Å². The van der Waals surface area contributed by atoms with E-state index in [-0.39, 0.29) is 6.04 Å². The number of hydrogen-bond donors (Lipinski definition) is 1. The van der Waals surface area contributed by atoms with Gasteiger partial charge in [0.05, 0.1) is 16.7 Å². The summed E-state index contributed by atoms with van der Waals surface area (Å²) in [7, 11) is 0. The Labute approximate surface area is 117 Å². The van der Waals surface area contributed by atoms with E-state index in [9.17, 15) is 0 Å². The summed E-state index contributed by atoms with van der Waals surface area (Å²) >= 11 is 6.70. The van der Waals surface area contributed by atoms with Gasteiger partial charge < -0.3 is 9.73 Å². The largest absolute Gasteiger partial charge is 0.452 e. The summed E-state index contributed by atoms with van der Waals surface area (Å²) in [5, 5.41) is 3.36. The zero-order valence-electron chi connectivity index (χ0n) is 9.28. The van der Waals surface area contributed by atoms with E-state index in [1.54, 1.807) is 6.20 Å². The molecule has 0 aliphatic heterocycles. The second-order valence-electron chi connectivity index (χ2n) is 3.69. The number of rotatable bonds is 4. The first kappa shape index (κ1) is 12.8. The molecular weight excluding hydrogens is 348 g/mol. The maximum Gasteiger partial charge on any atom is 0.183 e. The molecule has 5 heteroatoms. The van der Waals surface area contributed by atoms with Crippen molar-refractivity contribution in [1.82, 2.24) is 10.3 Å². The number of nitrogens with zero attached hydrogens (tertiary/aromatic N) is 1. The molecule has 3 nitrogen and oxygen atoms in total. The van der Waals surface area contributed by atoms with E-state index >= 15 is 0 Å². The van der Waals surface area contributed by atoms with Gasteiger partial charge in [-0.3, -0.25) is 4.98 Å². The summed E-state index contributed by atoms with van der Waals surface area (Å²) in [5.74, 6) is 0.881. The quantitative estimate of drug-likeness (QED) is 0.894. The Bertz CT molecular complexity index is 465. The van der Waals surface area contributed by atoms with Gasteiger partial charge >= 0.3 is 0 Å². The van der Waals surface area contributed by atoms with Crippen LogP contribution in [0.15, 0.2) is 44.0 Å². The highest BCUT2D eigenvalue weighted by Gasteiger charge is 2.09. The molecule has 0 spiro atoms. The SMILES string of the molecule is C[C@H](NCc1cc(Br)c(Br)o1)c1ccccn1. The van der Waals surface area contributed by atoms with E-state index in [1.165, 1.54) is 0 Å². The number of furan rings is 1. The van der Waals surface area contributed by atoms with Crippen LogP contribution in [-0.2, 0) is 6.54 Å². The first-order chi connectivity index (χ1) is 8.16. The van der Waals surface area contributed by atoms with Crippen LogP contribution in [0.5, 0.6) is 0 Å². The molecule has 2 heterocycles. The highest BCUT2D eigenvalue weighted by atomic mass is 79.9. The van der Waals surface area contributed by atoms with E-state index in [4.69, 9.17) is 4.42 Å². The van der Waals surface area contributed by atoms with Crippen molar-refractivity contribution in [3.63, 3.8) is 0 Å². The zero-order chi connectivity index (χ0) is 12.3. The minimum atomic E-state index is 0.193. The Balaban J connectivity index is 1.94. The predicted molar refractivity (Wildman–Crippen MR) is 73.6 cm³/mol. The van der Waals surface area contributed by atoms with Crippen molar-refractivity contribution in [3.8, 4) is 0 Å². The van der Waals surface area contributed by atoms with E-state index in [0.717, 1.165) is 20.6 Å². The summed E-state index contributed by atoms with van der Waals surface area (Å²) in [6, 6.07) is 8.05. The van der Waals surface area contributed by atoms with Crippen LogP contribution in [0.3, 0.4) is 0 Å². The summed E-state index contributed by atoms with van der Waals surface area (Å²) in [5.41, 5.74) is 1.03. The van der Waals surface area contributed by atoms with E-state index in [1.807, 2.05) is 24.3 Å². The van der Waals surface area contributed by atoms with Gasteiger partial charge in [0.25, 0.3) is 0 Å². The molecule has 0 aliphatic carbocycles. The van der Waals surface area contributed by atoms with E-state index < -0.39 is 0 Å². The van der Waals surface area contributed by atoms with Gasteiger partial charge in [0.1, 0.15) is 5.76 Å². The predicted octanol–water partition coefficient (Wildman–Crippen LogP) is 4.05. The standard InChI is InChI=1S/C12H12Br2N2O/c1-8(11-4-2-3-5-15-11)16-7-9-6-10(13)12(14)17-9/h2-6,8,16H,7H2,1H3/t8-/m0/s1. The van der Waals surface area contributed by atoms with E-state index in [0.29, 0.717) is 6.54 Å². The fourth-order valence-electron chi connectivity index (χ4n) is 1.47. The van der Waals surface area contributed by atoms with Crippen LogP contribution in [0, 0.1) is 0 Å². The Kier molecular flexibility index (Phi) is 4.36. The maximum atomic E-state index is 5.49. The number of pyridine rings is 1. The number of aromatic nitrogens is 1. The molecule has 0 aromatic carbocycles. The first-order valence-corrected chi connectivity index (χ1v) is 6.83. The Morgan fingerprint density at radius 3 is 2.82 bits per heavy atom. The molecule has 17 heavy (non-hydrogen) atoms. The Morgan fingerprint density at radius 1 is 1.41 bits per heavy atom. The van der Waals surface area contributed by atoms with Gasteiger partial charge in [-0.15, -0.1) is 0 Å². The van der Waals surface area contributed by atoms with Crippen LogP contribution in [0.4, 0.5) is 0 Å². The number of halogens is 2. The van der Waals surface area contributed by atoms with Gasteiger partial charge in [-0.2, -0.15) is 0 Å². The molecule has 1 atom stereocenters. The third-order valence-corrected chi connectivity index (χ3v) is 4.12. The third-order valence-electron chi connectivity index (χ3n) is 2.41. The van der Waals surface area contributed by atoms with Gasteiger partial charge in [-0.05, 0) is 57.0 Å². The zero-order valence-corrected chi connectivity index (χ0v) is 12.5. The van der Waals surface area contributed by atoms with Gasteiger partial charge in [0.2, 0.25) is 0 Å². The van der Waals surface area contributed by atoms with Gasteiger partial charge in [0, 0.05) is 12.2 Å². The second-order valence-corrected chi connectivity index (χ2v) is 5.27. The Hall–Kier alpha value is -0.650. The van der Waals surface area contributed by atoms with Gasteiger partial charge in [0.15, 0.2) is 4.67 Å². The van der Waals surface area contributed by atoms with Crippen molar-refractivity contribution in [2.75, 3.05) is 0 Å². The summed E-state index contributed by atoms with van der Waals surface area (Å²) in [6.45, 7) is 2.75. The average molecular weight is 360 g/mol. The average Bonchev–Trinajstić information content (AvgIpc) is 2.67. The van der Waals surface area contributed by atoms with Crippen molar-refractivity contribution in [2.45, 2.75) is 19.5 Å². The molecule has 0 aliphatic rings. The molecule has 0 unspecified atom stereocenters. The smallest absolute Gasteiger partial charge is 0.183 e. The van der Waals surface area contributed by atoms with Crippen LogP contribution >= 0.6 is 31.9 Å². The minimum Gasteiger partial charge on any atom is -0.452 e. The molecular formula is C12H12Br2N2O. The highest BCUT2D eigenvalue weighted by molar-refractivity contribution is 9.13. The molecule has 0 saturated heterocycles. The summed E-state index contributed by atoms with van der Waals surface area (Å²) in [4.78, 5) is 4.30. The molecule has 90 valence electrons. The van der Waals surface area contributed by atoms with Gasteiger partial charge in [-0.25, -0.2) is 0 Å². The highest BCUT2D eigenvalue weighted by Crippen LogP contribution is 2.26. The number of nitrogens with one attached hydrogen (secondary N) is 1. The second kappa shape index (κ2) is 5.80. The fraction of sp³-hybridized carbons (Fsp3) is 0.250. The lowest BCUT2D eigenvalue weighted by molar-refractivity contribution is 0.443. The van der Waals surface area contributed by atoms with E-state index in [2.05, 4.69) is 49.1 Å². The topological polar surface area (TPSA) is 38.1 Å². The lowest BCUT2D eigenvalue weighted by Gasteiger charge is -2.11. The molecule has 0 bridgehead atoms. The molecule has 2 aromatic rings. The van der Waals surface area contributed by atoms with Crippen LogP contribution in [0.2, 0.25) is 0 Å². The lowest BCUT2D eigenvalue weighted by Crippen LogP contribution is -2.18. The molecule has 0 radical (unpaired) electrons. The molecule has 2 rings (SSSR count). The maximum absolute atomic E-state index is 5.49. The molecule has 0 amide bonds. The monoisotopic (exact) mass is 358 g/mol. The number of hydrogen-bond acceptors (Lipinski definition) is 3. The molecule has 2 aromatic heterocycles. The van der Waals surface area contributed by atoms with Gasteiger partial charge in [-0.1, -0.05) is 6.07 Å². The van der Waals surface area contributed by atoms with Crippen molar-refractivity contribution in [3.05, 3.63) is 51.1 Å². The summed E-state index contributed by atoms with van der Waals surface area (Å²) in [6.07, 6.45) is 1.80. The lowest BCUT2D eigenvalue weighted by atomic mass is 10.2. The molecule has 0 fully saturated rings. The van der Waals surface area contributed by atoms with Crippen LogP contribution < -0.4 is 5.32 Å². The van der Waals surface area contributed by atoms with Crippen molar-refractivity contribution < 1.29 is 4.42 Å². The minimum absolute atomic E-state index is 0.193.